The first-order valence-electron chi connectivity index (χ1n) is 4.94. The lowest BCUT2D eigenvalue weighted by Crippen LogP contribution is -2.13. The number of carbonyl (C=O) groups excluding carboxylic acids is 1. The lowest BCUT2D eigenvalue weighted by Gasteiger charge is -2.05. The number of carbonyl (C=O) groups is 1. The van der Waals surface area contributed by atoms with Gasteiger partial charge in [0.2, 0.25) is 5.28 Å². The minimum Gasteiger partial charge on any atom is -0.506 e. The van der Waals surface area contributed by atoms with E-state index in [1.807, 2.05) is 0 Å². The quantitative estimate of drug-likeness (QED) is 0.435. The Hall–Kier alpha value is -2.34. The molecule has 4 N–H and O–H groups in total. The van der Waals surface area contributed by atoms with Gasteiger partial charge in [0.15, 0.2) is 0 Å². The molecule has 0 saturated heterocycles. The monoisotopic (exact) mass is 264 g/mol. The van der Waals surface area contributed by atoms with E-state index >= 15 is 0 Å². The Balaban J connectivity index is 2.19. The molecule has 0 saturated carbocycles. The normalized spacial score (nSPS) is 10.1. The van der Waals surface area contributed by atoms with E-state index in [-0.39, 0.29) is 28.1 Å². The molecule has 2 rings (SSSR count). The average molecular weight is 265 g/mol. The summed E-state index contributed by atoms with van der Waals surface area (Å²) in [4.78, 5) is 19.3. The SMILES string of the molecule is Nc1ccc(C(=O)Nc2ccnc(Cl)n2)cc1O. The maximum Gasteiger partial charge on any atom is 0.256 e. The summed E-state index contributed by atoms with van der Waals surface area (Å²) >= 11 is 5.59. The van der Waals surface area contributed by atoms with Gasteiger partial charge < -0.3 is 16.2 Å². The molecule has 1 heterocycles. The summed E-state index contributed by atoms with van der Waals surface area (Å²) in [7, 11) is 0. The molecule has 6 nitrogen and oxygen atoms in total. The van der Waals surface area contributed by atoms with Crippen LogP contribution in [0, 0.1) is 0 Å². The van der Waals surface area contributed by atoms with Crippen molar-refractivity contribution in [1.82, 2.24) is 9.97 Å². The number of rotatable bonds is 2. The number of aromatic hydroxyl groups is 1. The van der Waals surface area contributed by atoms with E-state index in [1.165, 1.54) is 30.5 Å². The maximum atomic E-state index is 11.8. The number of nitrogen functional groups attached to an aromatic ring is 1. The Morgan fingerprint density at radius 3 is 2.83 bits per heavy atom. The molecule has 1 amide bonds. The van der Waals surface area contributed by atoms with Crippen LogP contribution < -0.4 is 11.1 Å². The van der Waals surface area contributed by atoms with Gasteiger partial charge in [0, 0.05) is 11.8 Å². The molecule has 92 valence electrons. The molecule has 0 aliphatic carbocycles. The molecule has 0 aliphatic rings. The summed E-state index contributed by atoms with van der Waals surface area (Å²) in [5.41, 5.74) is 5.91. The van der Waals surface area contributed by atoms with E-state index < -0.39 is 5.91 Å². The molecule has 0 atom stereocenters. The number of halogens is 1. The lowest BCUT2D eigenvalue weighted by atomic mass is 10.2. The molecule has 0 aliphatic heterocycles. The highest BCUT2D eigenvalue weighted by Gasteiger charge is 2.09. The van der Waals surface area contributed by atoms with Crippen molar-refractivity contribution < 1.29 is 9.90 Å². The second-order valence-electron chi connectivity index (χ2n) is 3.44. The Labute approximate surface area is 107 Å². The van der Waals surface area contributed by atoms with E-state index in [0.29, 0.717) is 0 Å². The van der Waals surface area contributed by atoms with Crippen LogP contribution in [0.3, 0.4) is 0 Å². The van der Waals surface area contributed by atoms with Gasteiger partial charge in [-0.3, -0.25) is 4.79 Å². The minimum atomic E-state index is -0.430. The summed E-state index contributed by atoms with van der Waals surface area (Å²) in [5, 5.41) is 12.0. The molecule has 1 aromatic heterocycles. The molecule has 0 spiro atoms. The van der Waals surface area contributed by atoms with Crippen molar-refractivity contribution >= 4 is 29.0 Å². The number of phenolic OH excluding ortho intramolecular Hbond substituents is 1. The number of hydrogen-bond acceptors (Lipinski definition) is 5. The van der Waals surface area contributed by atoms with Crippen LogP contribution >= 0.6 is 11.6 Å². The third-order valence-electron chi connectivity index (χ3n) is 2.16. The predicted molar refractivity (Wildman–Crippen MR) is 67.5 cm³/mol. The fraction of sp³-hybridized carbons (Fsp3) is 0. The topological polar surface area (TPSA) is 101 Å². The molecular formula is C11H9ClN4O2. The van der Waals surface area contributed by atoms with Crippen molar-refractivity contribution in [2.45, 2.75) is 0 Å². The van der Waals surface area contributed by atoms with Gasteiger partial charge in [-0.1, -0.05) is 0 Å². The number of hydrogen-bond donors (Lipinski definition) is 3. The number of nitrogens with two attached hydrogens (primary N) is 1. The van der Waals surface area contributed by atoms with Gasteiger partial charge in [0.05, 0.1) is 5.69 Å². The highest BCUT2D eigenvalue weighted by molar-refractivity contribution is 6.28. The molecule has 0 fully saturated rings. The fourth-order valence-electron chi connectivity index (χ4n) is 1.28. The van der Waals surface area contributed by atoms with Gasteiger partial charge in [-0.2, -0.15) is 0 Å². The van der Waals surface area contributed by atoms with Gasteiger partial charge in [-0.15, -0.1) is 0 Å². The Morgan fingerprint density at radius 2 is 2.17 bits per heavy atom. The second kappa shape index (κ2) is 4.89. The van der Waals surface area contributed by atoms with E-state index in [2.05, 4.69) is 15.3 Å². The number of amides is 1. The zero-order chi connectivity index (χ0) is 13.1. The van der Waals surface area contributed by atoms with Crippen molar-refractivity contribution in [3.8, 4) is 5.75 Å². The van der Waals surface area contributed by atoms with E-state index in [9.17, 15) is 9.90 Å². The zero-order valence-electron chi connectivity index (χ0n) is 9.09. The van der Waals surface area contributed by atoms with E-state index in [4.69, 9.17) is 17.3 Å². The summed E-state index contributed by atoms with van der Waals surface area (Å²) in [5.74, 6) is -0.306. The smallest absolute Gasteiger partial charge is 0.256 e. The lowest BCUT2D eigenvalue weighted by molar-refractivity contribution is 0.102. The average Bonchev–Trinajstić information content (AvgIpc) is 2.32. The maximum absolute atomic E-state index is 11.8. The molecule has 7 heteroatoms. The predicted octanol–water partition coefficient (Wildman–Crippen LogP) is 1.67. The Kier molecular flexibility index (Phi) is 3.29. The number of nitrogens with one attached hydrogen (secondary N) is 1. The van der Waals surface area contributed by atoms with Gasteiger partial charge >= 0.3 is 0 Å². The van der Waals surface area contributed by atoms with Crippen LogP contribution in [-0.4, -0.2) is 21.0 Å². The van der Waals surface area contributed by atoms with E-state index in [0.717, 1.165) is 0 Å². The molecule has 18 heavy (non-hydrogen) atoms. The van der Waals surface area contributed by atoms with Crippen molar-refractivity contribution in [3.63, 3.8) is 0 Å². The molecule has 0 unspecified atom stereocenters. The van der Waals surface area contributed by atoms with Crippen molar-refractivity contribution in [2.24, 2.45) is 0 Å². The third kappa shape index (κ3) is 2.67. The second-order valence-corrected chi connectivity index (χ2v) is 3.78. The van der Waals surface area contributed by atoms with E-state index in [1.54, 1.807) is 0 Å². The van der Waals surface area contributed by atoms with Crippen molar-refractivity contribution in [3.05, 3.63) is 41.3 Å². The molecule has 0 radical (unpaired) electrons. The first-order chi connectivity index (χ1) is 8.56. The Bertz CT molecular complexity index is 603. The number of anilines is 2. The Morgan fingerprint density at radius 1 is 1.39 bits per heavy atom. The van der Waals surface area contributed by atoms with Gasteiger partial charge in [-0.25, -0.2) is 9.97 Å². The number of benzene rings is 1. The number of phenols is 1. The largest absolute Gasteiger partial charge is 0.506 e. The van der Waals surface area contributed by atoms with Crippen LogP contribution in [0.15, 0.2) is 30.5 Å². The third-order valence-corrected chi connectivity index (χ3v) is 2.34. The summed E-state index contributed by atoms with van der Waals surface area (Å²) in [6.45, 7) is 0. The van der Waals surface area contributed by atoms with Crippen LogP contribution in [0.2, 0.25) is 5.28 Å². The van der Waals surface area contributed by atoms with Crippen molar-refractivity contribution in [1.29, 1.82) is 0 Å². The summed E-state index contributed by atoms with van der Waals surface area (Å²) in [6.07, 6.45) is 1.42. The first kappa shape index (κ1) is 12.1. The first-order valence-corrected chi connectivity index (χ1v) is 5.32. The van der Waals surface area contributed by atoms with Gasteiger partial charge in [-0.05, 0) is 35.9 Å². The minimum absolute atomic E-state index is 0.0351. The molecule has 1 aromatic carbocycles. The van der Waals surface area contributed by atoms with Gasteiger partial charge in [0.25, 0.3) is 5.91 Å². The molecular weight excluding hydrogens is 256 g/mol. The van der Waals surface area contributed by atoms with Crippen LogP contribution in [0.25, 0.3) is 0 Å². The van der Waals surface area contributed by atoms with Crippen molar-refractivity contribution in [2.75, 3.05) is 11.1 Å². The van der Waals surface area contributed by atoms with Crippen LogP contribution in [-0.2, 0) is 0 Å². The standard InChI is InChI=1S/C11H9ClN4O2/c12-11-14-4-3-9(16-11)15-10(18)6-1-2-7(13)8(17)5-6/h1-5,17H,13H2,(H,14,15,16,18). The van der Waals surface area contributed by atoms with Crippen LogP contribution in [0.1, 0.15) is 10.4 Å². The van der Waals surface area contributed by atoms with Crippen LogP contribution in [0.5, 0.6) is 5.75 Å². The van der Waals surface area contributed by atoms with Crippen LogP contribution in [0.4, 0.5) is 11.5 Å². The fourth-order valence-corrected chi connectivity index (χ4v) is 1.43. The van der Waals surface area contributed by atoms with Gasteiger partial charge in [0.1, 0.15) is 11.6 Å². The number of nitrogens with zero attached hydrogens (tertiary/aromatic N) is 2. The highest BCUT2D eigenvalue weighted by Crippen LogP contribution is 2.21. The number of aromatic nitrogens is 2. The molecule has 0 bridgehead atoms. The zero-order valence-corrected chi connectivity index (χ0v) is 9.85. The summed E-state index contributed by atoms with van der Waals surface area (Å²) in [6, 6.07) is 5.71. The molecule has 2 aromatic rings. The highest BCUT2D eigenvalue weighted by atomic mass is 35.5. The summed E-state index contributed by atoms with van der Waals surface area (Å²) < 4.78 is 0.